The van der Waals surface area contributed by atoms with Crippen molar-refractivity contribution in [3.63, 3.8) is 0 Å². The summed E-state index contributed by atoms with van der Waals surface area (Å²) in [7, 11) is 0. The van der Waals surface area contributed by atoms with Crippen LogP contribution in [0.3, 0.4) is 0 Å². The number of amides is 4. The van der Waals surface area contributed by atoms with Crippen molar-refractivity contribution in [2.45, 2.75) is 103 Å². The van der Waals surface area contributed by atoms with Gasteiger partial charge in [-0.3, -0.25) is 9.59 Å². The van der Waals surface area contributed by atoms with Gasteiger partial charge in [-0.15, -0.1) is 0 Å². The first-order chi connectivity index (χ1) is 22.9. The Hall–Kier alpha value is -3.48. The van der Waals surface area contributed by atoms with Gasteiger partial charge in [-0.05, 0) is 73.5 Å². The van der Waals surface area contributed by atoms with Crippen LogP contribution in [0, 0.1) is 29.1 Å². The number of fused-ring (bicyclic) bond motifs is 1. The number of anilines is 2. The topological polar surface area (TPSA) is 144 Å². The number of carbonyl (C=O) groups is 4. The van der Waals surface area contributed by atoms with Crippen molar-refractivity contribution in [1.82, 2.24) is 9.88 Å². The lowest BCUT2D eigenvalue weighted by Gasteiger charge is -2.39. The Morgan fingerprint density at radius 1 is 1.06 bits per heavy atom. The van der Waals surface area contributed by atoms with Crippen LogP contribution in [-0.4, -0.2) is 71.9 Å². The van der Waals surface area contributed by atoms with Gasteiger partial charge in [-0.2, -0.15) is 0 Å². The molecule has 2 aliphatic heterocycles. The lowest BCUT2D eigenvalue weighted by molar-refractivity contribution is -0.143. The summed E-state index contributed by atoms with van der Waals surface area (Å²) in [6, 6.07) is 4.93. The zero-order valence-electron chi connectivity index (χ0n) is 28.1. The zero-order chi connectivity index (χ0) is 34.2. The summed E-state index contributed by atoms with van der Waals surface area (Å²) in [5.74, 6) is -0.252. The van der Waals surface area contributed by atoms with Gasteiger partial charge in [-0.1, -0.05) is 64.2 Å². The molecule has 0 spiro atoms. The molecule has 48 heavy (non-hydrogen) atoms. The highest BCUT2D eigenvalue weighted by molar-refractivity contribution is 7.22. The first-order valence-corrected chi connectivity index (χ1v) is 18.3. The average molecular weight is 686 g/mol. The summed E-state index contributed by atoms with van der Waals surface area (Å²) < 4.78 is 26.7. The SMILES string of the molecule is CC(C)(C)C(F)[C@@H](OC(N)=O)C1CCC(C(=O)N2CC[C@@H](C3CCCCC3)[C@H]2C(=O)Nc2ccc3nc(N4CCOC4=O)sc3c2)CC1. The number of aromatic nitrogens is 1. The highest BCUT2D eigenvalue weighted by Crippen LogP contribution is 2.43. The van der Waals surface area contributed by atoms with E-state index in [1.165, 1.54) is 22.7 Å². The monoisotopic (exact) mass is 685 g/mol. The fraction of sp³-hybridized carbons (Fsp3) is 0.686. The molecule has 3 heterocycles. The highest BCUT2D eigenvalue weighted by atomic mass is 32.1. The molecule has 0 radical (unpaired) electrons. The molecule has 1 aromatic carbocycles. The Morgan fingerprint density at radius 2 is 1.79 bits per heavy atom. The number of cyclic esters (lactones) is 1. The number of benzene rings is 1. The number of ether oxygens (including phenoxy) is 2. The van der Waals surface area contributed by atoms with Crippen LogP contribution in [0.1, 0.15) is 85.0 Å². The lowest BCUT2D eigenvalue weighted by Crippen LogP contribution is -2.50. The van der Waals surface area contributed by atoms with E-state index in [1.807, 2.05) is 23.1 Å². The van der Waals surface area contributed by atoms with Crippen molar-refractivity contribution >= 4 is 56.4 Å². The number of nitrogens with one attached hydrogen (secondary N) is 1. The predicted octanol–water partition coefficient (Wildman–Crippen LogP) is 6.64. The average Bonchev–Trinajstić information content (AvgIpc) is 3.81. The molecule has 1 aromatic heterocycles. The van der Waals surface area contributed by atoms with Crippen LogP contribution in [0.2, 0.25) is 0 Å². The predicted molar refractivity (Wildman–Crippen MR) is 181 cm³/mol. The fourth-order valence-electron chi connectivity index (χ4n) is 8.30. The second-order valence-corrected chi connectivity index (χ2v) is 16.1. The van der Waals surface area contributed by atoms with Gasteiger partial charge in [0.25, 0.3) is 0 Å². The van der Waals surface area contributed by atoms with E-state index in [0.29, 0.717) is 62.1 Å². The van der Waals surface area contributed by atoms with Crippen molar-refractivity contribution in [2.24, 2.45) is 34.8 Å². The number of primary amides is 1. The molecule has 13 heteroatoms. The van der Waals surface area contributed by atoms with Crippen LogP contribution in [0.5, 0.6) is 0 Å². The van der Waals surface area contributed by atoms with E-state index in [9.17, 15) is 19.2 Å². The van der Waals surface area contributed by atoms with Crippen molar-refractivity contribution in [1.29, 1.82) is 0 Å². The van der Waals surface area contributed by atoms with E-state index < -0.39 is 35.9 Å². The lowest BCUT2D eigenvalue weighted by atomic mass is 9.74. The normalized spacial score (nSPS) is 26.7. The van der Waals surface area contributed by atoms with E-state index >= 15 is 4.39 Å². The fourth-order valence-corrected chi connectivity index (χ4v) is 9.32. The van der Waals surface area contributed by atoms with Crippen LogP contribution < -0.4 is 16.0 Å². The zero-order valence-corrected chi connectivity index (χ0v) is 28.9. The standard InChI is InChI=1S/C35H48FN5O6S/c1-35(2,3)29(36)28(47-32(37)44)21-9-11-22(12-10-21)31(43)40-16-15-24(20-7-5-4-6-8-20)27(40)30(42)38-23-13-14-25-26(19-23)48-33(39-25)41-17-18-46-34(41)45/h13-14,19-22,24,27-29H,4-12,15-18H2,1-3H3,(H2,37,44)(H,38,42)/t21?,22?,24-,27-,28-,29?/m0/s1. The van der Waals surface area contributed by atoms with E-state index in [4.69, 9.17) is 15.2 Å². The Bertz CT molecular complexity index is 1510. The number of carbonyl (C=O) groups excluding carboxylic acids is 4. The smallest absolute Gasteiger partial charge is 0.416 e. The second-order valence-electron chi connectivity index (χ2n) is 15.0. The molecule has 2 saturated heterocycles. The Morgan fingerprint density at radius 3 is 2.44 bits per heavy atom. The molecule has 0 bridgehead atoms. The largest absolute Gasteiger partial charge is 0.447 e. The van der Waals surface area contributed by atoms with Gasteiger partial charge >= 0.3 is 12.2 Å². The van der Waals surface area contributed by atoms with Gasteiger partial charge in [0.05, 0.1) is 16.8 Å². The molecule has 6 rings (SSSR count). The molecular formula is C35H48FN5O6S. The maximum atomic E-state index is 15.5. The summed E-state index contributed by atoms with van der Waals surface area (Å²) in [4.78, 5) is 60.0. The molecule has 4 amide bonds. The minimum Gasteiger partial charge on any atom is -0.447 e. The third-order valence-electron chi connectivity index (χ3n) is 10.8. The third kappa shape index (κ3) is 7.25. The summed E-state index contributed by atoms with van der Waals surface area (Å²) >= 11 is 1.37. The number of alkyl halides is 1. The molecule has 4 atom stereocenters. The van der Waals surface area contributed by atoms with Crippen molar-refractivity contribution in [2.75, 3.05) is 29.9 Å². The minimum atomic E-state index is -1.39. The van der Waals surface area contributed by atoms with Crippen LogP contribution in [-0.2, 0) is 19.1 Å². The number of nitrogens with two attached hydrogens (primary N) is 1. The van der Waals surface area contributed by atoms with Crippen LogP contribution in [0.15, 0.2) is 18.2 Å². The molecule has 262 valence electrons. The van der Waals surface area contributed by atoms with Crippen LogP contribution >= 0.6 is 11.3 Å². The van der Waals surface area contributed by atoms with Gasteiger partial charge < -0.3 is 25.4 Å². The van der Waals surface area contributed by atoms with Gasteiger partial charge in [0.1, 0.15) is 24.9 Å². The molecule has 2 aliphatic carbocycles. The Balaban J connectivity index is 1.17. The number of likely N-dealkylation sites (tertiary alicyclic amines) is 1. The number of thiazole rings is 1. The molecule has 2 saturated carbocycles. The number of nitrogens with zero attached hydrogens (tertiary/aromatic N) is 3. The number of hydrogen-bond donors (Lipinski definition) is 2. The molecule has 1 unspecified atom stereocenters. The summed E-state index contributed by atoms with van der Waals surface area (Å²) in [5.41, 5.74) is 5.94. The number of hydrogen-bond acceptors (Lipinski definition) is 8. The second kappa shape index (κ2) is 14.2. The Kier molecular flexibility index (Phi) is 10.1. The van der Waals surface area contributed by atoms with E-state index in [-0.39, 0.29) is 29.6 Å². The maximum Gasteiger partial charge on any atom is 0.416 e. The molecule has 4 fully saturated rings. The summed E-state index contributed by atoms with van der Waals surface area (Å²) in [6.45, 7) is 6.62. The highest BCUT2D eigenvalue weighted by Gasteiger charge is 2.48. The molecule has 2 aromatic rings. The van der Waals surface area contributed by atoms with E-state index in [0.717, 1.165) is 42.3 Å². The third-order valence-corrected chi connectivity index (χ3v) is 11.9. The van der Waals surface area contributed by atoms with Crippen molar-refractivity contribution in [3.8, 4) is 0 Å². The van der Waals surface area contributed by atoms with Crippen molar-refractivity contribution in [3.05, 3.63) is 18.2 Å². The van der Waals surface area contributed by atoms with E-state index in [2.05, 4.69) is 10.3 Å². The van der Waals surface area contributed by atoms with Gasteiger partial charge in [0.2, 0.25) is 11.8 Å². The van der Waals surface area contributed by atoms with Gasteiger partial charge in [0.15, 0.2) is 5.13 Å². The van der Waals surface area contributed by atoms with Gasteiger partial charge in [-0.25, -0.2) is 23.9 Å². The van der Waals surface area contributed by atoms with Gasteiger partial charge in [0, 0.05) is 18.2 Å². The minimum absolute atomic E-state index is 0.0213. The number of halogens is 1. The van der Waals surface area contributed by atoms with Crippen LogP contribution in [0.4, 0.5) is 24.8 Å². The van der Waals surface area contributed by atoms with Crippen LogP contribution in [0.25, 0.3) is 10.2 Å². The number of rotatable bonds is 8. The molecule has 11 nitrogen and oxygen atoms in total. The molecule has 3 N–H and O–H groups in total. The molecule has 4 aliphatic rings. The van der Waals surface area contributed by atoms with Crippen molar-refractivity contribution < 1.29 is 33.0 Å². The first kappa shape index (κ1) is 34.4. The maximum absolute atomic E-state index is 15.5. The summed E-state index contributed by atoms with van der Waals surface area (Å²) in [5, 5.41) is 3.68. The Labute approximate surface area is 285 Å². The summed E-state index contributed by atoms with van der Waals surface area (Å²) in [6.07, 6.45) is 4.79. The molecular weight excluding hydrogens is 637 g/mol. The first-order valence-electron chi connectivity index (χ1n) is 17.5. The van der Waals surface area contributed by atoms with E-state index in [1.54, 1.807) is 20.8 Å². The quantitative estimate of drug-likeness (QED) is 0.317.